The van der Waals surface area contributed by atoms with E-state index in [1.165, 1.54) is 6.42 Å². The number of aromatic amines is 2. The third-order valence-electron chi connectivity index (χ3n) is 3.42. The second-order valence-corrected chi connectivity index (χ2v) is 4.80. The van der Waals surface area contributed by atoms with Crippen LogP contribution in [0.15, 0.2) is 12.5 Å². The van der Waals surface area contributed by atoms with Gasteiger partial charge in [-0.15, -0.1) is 5.10 Å². The number of H-pyrrole nitrogens is 2. The summed E-state index contributed by atoms with van der Waals surface area (Å²) >= 11 is 0. The highest BCUT2D eigenvalue weighted by molar-refractivity contribution is 5.88. The monoisotopic (exact) mass is 260 g/mol. The Morgan fingerprint density at radius 1 is 1.47 bits per heavy atom. The number of aryl methyl sites for hydroxylation is 1. The van der Waals surface area contributed by atoms with Crippen LogP contribution in [0.25, 0.3) is 0 Å². The Balaban J connectivity index is 1.49. The Bertz CT molecular complexity index is 542. The van der Waals surface area contributed by atoms with Crippen LogP contribution in [-0.4, -0.2) is 31.1 Å². The van der Waals surface area contributed by atoms with E-state index in [1.54, 1.807) is 12.5 Å². The topological polar surface area (TPSA) is 99.4 Å². The molecule has 0 bridgehead atoms. The summed E-state index contributed by atoms with van der Waals surface area (Å²) in [4.78, 5) is 22.9. The van der Waals surface area contributed by atoms with Crippen molar-refractivity contribution in [2.75, 3.05) is 5.32 Å². The molecule has 2 aromatic heterocycles. The zero-order valence-corrected chi connectivity index (χ0v) is 10.5. The Hall–Kier alpha value is -2.18. The predicted octanol–water partition coefficient (Wildman–Crippen LogP) is 1.37. The first-order valence-corrected chi connectivity index (χ1v) is 6.50. The predicted molar refractivity (Wildman–Crippen MR) is 68.5 cm³/mol. The largest absolute Gasteiger partial charge is 0.348 e. The molecule has 0 saturated heterocycles. The van der Waals surface area contributed by atoms with Gasteiger partial charge in [-0.25, -0.2) is 4.98 Å². The number of anilines is 1. The van der Waals surface area contributed by atoms with Gasteiger partial charge in [-0.1, -0.05) is 6.42 Å². The maximum absolute atomic E-state index is 11.7. The number of nitrogens with zero attached hydrogens (tertiary/aromatic N) is 3. The summed E-state index contributed by atoms with van der Waals surface area (Å²) in [6, 6.07) is 0. The van der Waals surface area contributed by atoms with E-state index < -0.39 is 0 Å². The Morgan fingerprint density at radius 2 is 2.37 bits per heavy atom. The van der Waals surface area contributed by atoms with E-state index in [1.807, 2.05) is 0 Å². The van der Waals surface area contributed by atoms with Gasteiger partial charge in [-0.05, 0) is 19.3 Å². The van der Waals surface area contributed by atoms with E-state index in [4.69, 9.17) is 0 Å². The molecule has 1 aliphatic carbocycles. The van der Waals surface area contributed by atoms with Gasteiger partial charge in [0.2, 0.25) is 11.9 Å². The molecule has 3 N–H and O–H groups in total. The highest BCUT2D eigenvalue weighted by Crippen LogP contribution is 2.34. The van der Waals surface area contributed by atoms with Crippen LogP contribution in [0.1, 0.15) is 43.1 Å². The molecule has 0 atom stereocenters. The lowest BCUT2D eigenvalue weighted by Crippen LogP contribution is -2.14. The summed E-state index contributed by atoms with van der Waals surface area (Å²) < 4.78 is 0. The summed E-state index contributed by atoms with van der Waals surface area (Å²) in [5.74, 6) is 1.66. The average Bonchev–Trinajstić information content (AvgIpc) is 2.96. The van der Waals surface area contributed by atoms with Crippen LogP contribution in [0.2, 0.25) is 0 Å². The standard InChI is InChI=1S/C12H16N6O/c19-10(5-4-9-6-13-7-14-9)15-12-16-11(17-18-12)8-2-1-3-8/h6-8H,1-5H2,(H,13,14)(H2,15,16,17,18,19). The first-order valence-electron chi connectivity index (χ1n) is 6.50. The van der Waals surface area contributed by atoms with E-state index in [2.05, 4.69) is 30.5 Å². The third-order valence-corrected chi connectivity index (χ3v) is 3.42. The number of hydrogen-bond acceptors (Lipinski definition) is 4. The van der Waals surface area contributed by atoms with Crippen molar-refractivity contribution < 1.29 is 4.79 Å². The molecule has 1 aliphatic rings. The average molecular weight is 260 g/mol. The van der Waals surface area contributed by atoms with E-state index >= 15 is 0 Å². The molecule has 0 spiro atoms. The number of nitrogens with one attached hydrogen (secondary N) is 3. The van der Waals surface area contributed by atoms with Crippen LogP contribution in [0.3, 0.4) is 0 Å². The second kappa shape index (κ2) is 5.21. The molecule has 2 heterocycles. The minimum atomic E-state index is -0.0891. The molecule has 7 heteroatoms. The fourth-order valence-corrected chi connectivity index (χ4v) is 2.05. The molecule has 0 radical (unpaired) electrons. The van der Waals surface area contributed by atoms with Gasteiger partial charge in [0.25, 0.3) is 0 Å². The van der Waals surface area contributed by atoms with Gasteiger partial charge in [-0.2, -0.15) is 4.98 Å². The van der Waals surface area contributed by atoms with E-state index in [9.17, 15) is 4.79 Å². The summed E-state index contributed by atoms with van der Waals surface area (Å²) in [7, 11) is 0. The molecule has 0 unspecified atom stereocenters. The van der Waals surface area contributed by atoms with E-state index in [-0.39, 0.29) is 5.91 Å². The number of rotatable bonds is 5. The number of amides is 1. The Kier molecular flexibility index (Phi) is 3.26. The van der Waals surface area contributed by atoms with Crippen LogP contribution < -0.4 is 5.32 Å². The maximum atomic E-state index is 11.7. The Morgan fingerprint density at radius 3 is 3.05 bits per heavy atom. The summed E-state index contributed by atoms with van der Waals surface area (Å²) in [5, 5.41) is 9.61. The van der Waals surface area contributed by atoms with Crippen LogP contribution in [0, 0.1) is 0 Å². The molecule has 19 heavy (non-hydrogen) atoms. The molecule has 1 saturated carbocycles. The number of hydrogen-bond donors (Lipinski definition) is 3. The molecule has 7 nitrogen and oxygen atoms in total. The minimum absolute atomic E-state index is 0.0891. The van der Waals surface area contributed by atoms with Gasteiger partial charge in [0.1, 0.15) is 5.82 Å². The lowest BCUT2D eigenvalue weighted by Gasteiger charge is -2.22. The number of aromatic nitrogens is 5. The van der Waals surface area contributed by atoms with Crippen LogP contribution >= 0.6 is 0 Å². The van der Waals surface area contributed by atoms with Crippen molar-refractivity contribution >= 4 is 11.9 Å². The van der Waals surface area contributed by atoms with E-state index in [0.29, 0.717) is 24.7 Å². The van der Waals surface area contributed by atoms with Crippen molar-refractivity contribution in [3.63, 3.8) is 0 Å². The zero-order valence-electron chi connectivity index (χ0n) is 10.5. The fraction of sp³-hybridized carbons (Fsp3) is 0.500. The van der Waals surface area contributed by atoms with Crippen molar-refractivity contribution in [3.8, 4) is 0 Å². The highest BCUT2D eigenvalue weighted by Gasteiger charge is 2.23. The normalized spacial score (nSPS) is 15.2. The summed E-state index contributed by atoms with van der Waals surface area (Å²) in [6.45, 7) is 0. The molecule has 2 aromatic rings. The van der Waals surface area contributed by atoms with Crippen molar-refractivity contribution in [1.29, 1.82) is 0 Å². The number of carbonyl (C=O) groups is 1. The molecule has 1 amide bonds. The maximum Gasteiger partial charge on any atom is 0.248 e. The molecular formula is C12H16N6O. The van der Waals surface area contributed by atoms with Gasteiger partial charge >= 0.3 is 0 Å². The SMILES string of the molecule is O=C(CCc1cnc[nH]1)Nc1n[nH]c(C2CCC2)n1. The van der Waals surface area contributed by atoms with Gasteiger partial charge in [0, 0.05) is 24.2 Å². The van der Waals surface area contributed by atoms with Gasteiger partial charge in [0.05, 0.1) is 6.33 Å². The van der Waals surface area contributed by atoms with E-state index in [0.717, 1.165) is 24.4 Å². The molecule has 0 aromatic carbocycles. The van der Waals surface area contributed by atoms with Gasteiger partial charge in [-0.3, -0.25) is 15.2 Å². The lowest BCUT2D eigenvalue weighted by molar-refractivity contribution is -0.116. The van der Waals surface area contributed by atoms with Crippen molar-refractivity contribution in [3.05, 3.63) is 24.0 Å². The highest BCUT2D eigenvalue weighted by atomic mass is 16.1. The fourth-order valence-electron chi connectivity index (χ4n) is 2.05. The van der Waals surface area contributed by atoms with Crippen LogP contribution in [-0.2, 0) is 11.2 Å². The molecule has 100 valence electrons. The molecule has 0 aliphatic heterocycles. The second-order valence-electron chi connectivity index (χ2n) is 4.80. The zero-order chi connectivity index (χ0) is 13.1. The van der Waals surface area contributed by atoms with Crippen LogP contribution in [0.5, 0.6) is 0 Å². The lowest BCUT2D eigenvalue weighted by atomic mass is 9.85. The van der Waals surface area contributed by atoms with Gasteiger partial charge < -0.3 is 4.98 Å². The van der Waals surface area contributed by atoms with Crippen molar-refractivity contribution in [2.45, 2.75) is 38.0 Å². The Labute approximate surface area is 110 Å². The third kappa shape index (κ3) is 2.81. The number of imidazole rings is 1. The van der Waals surface area contributed by atoms with Crippen molar-refractivity contribution in [2.24, 2.45) is 0 Å². The van der Waals surface area contributed by atoms with Crippen LogP contribution in [0.4, 0.5) is 5.95 Å². The first-order chi connectivity index (χ1) is 9.31. The summed E-state index contributed by atoms with van der Waals surface area (Å²) in [6.07, 6.45) is 7.89. The smallest absolute Gasteiger partial charge is 0.248 e. The summed E-state index contributed by atoms with van der Waals surface area (Å²) in [5.41, 5.74) is 0.945. The van der Waals surface area contributed by atoms with Crippen molar-refractivity contribution in [1.82, 2.24) is 25.1 Å². The first kappa shape index (κ1) is 11.9. The molecule has 3 rings (SSSR count). The quantitative estimate of drug-likeness (QED) is 0.755. The molecule has 1 fully saturated rings. The minimum Gasteiger partial charge on any atom is -0.348 e. The number of carbonyl (C=O) groups excluding carboxylic acids is 1. The van der Waals surface area contributed by atoms with Gasteiger partial charge in [0.15, 0.2) is 0 Å². The molecular weight excluding hydrogens is 244 g/mol.